The molecule has 0 bridgehead atoms. The van der Waals surface area contributed by atoms with Crippen LogP contribution >= 0.6 is 0 Å². The van der Waals surface area contributed by atoms with Crippen LogP contribution in [0.1, 0.15) is 39.8 Å². The number of H-pyrrole nitrogens is 1. The van der Waals surface area contributed by atoms with Gasteiger partial charge in [-0.2, -0.15) is 0 Å². The van der Waals surface area contributed by atoms with Crippen LogP contribution in [0.4, 0.5) is 5.69 Å². The Morgan fingerprint density at radius 1 is 1.17 bits per heavy atom. The summed E-state index contributed by atoms with van der Waals surface area (Å²) in [5.41, 5.74) is 2.14. The molecule has 2 amide bonds. The zero-order valence-electron chi connectivity index (χ0n) is 16.4. The Kier molecular flexibility index (Phi) is 4.06. The molecule has 0 saturated carbocycles. The number of hydrogen-bond acceptors (Lipinski definition) is 4. The summed E-state index contributed by atoms with van der Waals surface area (Å²) < 4.78 is 0. The molecule has 150 valence electrons. The van der Waals surface area contributed by atoms with Crippen molar-refractivity contribution >= 4 is 17.5 Å². The van der Waals surface area contributed by atoms with Gasteiger partial charge in [0.2, 0.25) is 5.91 Å². The summed E-state index contributed by atoms with van der Waals surface area (Å²) in [6.07, 6.45) is 3.85. The van der Waals surface area contributed by atoms with Crippen LogP contribution in [0, 0.1) is 6.92 Å². The number of amides is 2. The van der Waals surface area contributed by atoms with E-state index in [9.17, 15) is 14.4 Å². The average molecular weight is 400 g/mol. The van der Waals surface area contributed by atoms with Crippen molar-refractivity contribution in [2.75, 3.05) is 11.9 Å². The molecule has 3 aromatic rings. The summed E-state index contributed by atoms with van der Waals surface area (Å²) in [7, 11) is 0. The van der Waals surface area contributed by atoms with Crippen LogP contribution in [-0.4, -0.2) is 33.2 Å². The molecule has 30 heavy (non-hydrogen) atoms. The Balaban J connectivity index is 1.68. The van der Waals surface area contributed by atoms with Gasteiger partial charge in [0.05, 0.1) is 6.04 Å². The smallest absolute Gasteiger partial charge is 0.270 e. The molecule has 2 unspecified atom stereocenters. The first-order valence-corrected chi connectivity index (χ1v) is 9.83. The third-order valence-electron chi connectivity index (χ3n) is 6.06. The fraction of sp³-hybridized carbons (Fsp3) is 0.217. The summed E-state index contributed by atoms with van der Waals surface area (Å²) in [6.45, 7) is 2.12. The van der Waals surface area contributed by atoms with E-state index in [1.54, 1.807) is 30.3 Å². The number of likely N-dealkylation sites (tertiary alicyclic amines) is 1. The number of anilines is 1. The SMILES string of the molecule is Cc1cc(=O)cc(C(=O)N2CCC3(C(=O)Nc4ccccc43)C2c2cccnc2)[nH]1. The van der Waals surface area contributed by atoms with E-state index >= 15 is 0 Å². The lowest BCUT2D eigenvalue weighted by atomic mass is 9.73. The van der Waals surface area contributed by atoms with Crippen LogP contribution in [0.3, 0.4) is 0 Å². The number of para-hydroxylation sites is 1. The van der Waals surface area contributed by atoms with E-state index in [0.717, 1.165) is 16.8 Å². The van der Waals surface area contributed by atoms with E-state index in [1.165, 1.54) is 12.1 Å². The lowest BCUT2D eigenvalue weighted by Gasteiger charge is -2.34. The average Bonchev–Trinajstić information content (AvgIpc) is 3.27. The number of fused-ring (bicyclic) bond motifs is 2. The van der Waals surface area contributed by atoms with Crippen molar-refractivity contribution in [3.63, 3.8) is 0 Å². The number of carbonyl (C=O) groups is 2. The summed E-state index contributed by atoms with van der Waals surface area (Å²) in [5, 5.41) is 2.99. The molecule has 7 nitrogen and oxygen atoms in total. The minimum absolute atomic E-state index is 0.120. The van der Waals surface area contributed by atoms with Crippen LogP contribution in [0.25, 0.3) is 0 Å². The molecule has 0 aliphatic carbocycles. The van der Waals surface area contributed by atoms with Crippen LogP contribution in [0.15, 0.2) is 65.7 Å². The van der Waals surface area contributed by atoms with Crippen molar-refractivity contribution in [1.82, 2.24) is 14.9 Å². The standard InChI is InChI=1S/C23H20N4O3/c1-14-11-16(28)12-19(25-14)21(29)27-10-8-23(20(27)15-5-4-9-24-13-15)17-6-2-3-7-18(17)26-22(23)30/h2-7,9,11-13,20H,8,10H2,1H3,(H,25,28)(H,26,30). The number of aromatic nitrogens is 2. The van der Waals surface area contributed by atoms with Crippen LogP contribution < -0.4 is 10.7 Å². The van der Waals surface area contributed by atoms with E-state index in [2.05, 4.69) is 15.3 Å². The first kappa shape index (κ1) is 18.3. The first-order valence-electron chi connectivity index (χ1n) is 9.83. The van der Waals surface area contributed by atoms with Crippen molar-refractivity contribution < 1.29 is 9.59 Å². The highest BCUT2D eigenvalue weighted by atomic mass is 16.2. The Labute approximate surface area is 172 Å². The van der Waals surface area contributed by atoms with Crippen LogP contribution in [-0.2, 0) is 10.2 Å². The fourth-order valence-corrected chi connectivity index (χ4v) is 4.86. The lowest BCUT2D eigenvalue weighted by Crippen LogP contribution is -2.43. The Morgan fingerprint density at radius 3 is 2.77 bits per heavy atom. The molecule has 1 saturated heterocycles. The second-order valence-corrected chi connectivity index (χ2v) is 7.82. The molecule has 4 heterocycles. The molecule has 2 aliphatic heterocycles. The minimum Gasteiger partial charge on any atom is -0.354 e. The highest BCUT2D eigenvalue weighted by Crippen LogP contribution is 2.54. The number of rotatable bonds is 2. The third-order valence-corrected chi connectivity index (χ3v) is 6.06. The number of pyridine rings is 2. The van der Waals surface area contributed by atoms with Gasteiger partial charge in [-0.3, -0.25) is 19.4 Å². The number of benzene rings is 1. The Hall–Kier alpha value is -3.74. The summed E-state index contributed by atoms with van der Waals surface area (Å²) >= 11 is 0. The van der Waals surface area contributed by atoms with Gasteiger partial charge in [0.1, 0.15) is 11.1 Å². The van der Waals surface area contributed by atoms with E-state index < -0.39 is 11.5 Å². The molecular weight excluding hydrogens is 380 g/mol. The number of hydrogen-bond donors (Lipinski definition) is 2. The van der Waals surface area contributed by atoms with Gasteiger partial charge in [-0.05, 0) is 36.6 Å². The molecule has 2 aliphatic rings. The zero-order valence-corrected chi connectivity index (χ0v) is 16.4. The normalized spacial score (nSPS) is 22.2. The Morgan fingerprint density at radius 2 is 2.00 bits per heavy atom. The zero-order chi connectivity index (χ0) is 20.9. The number of carbonyl (C=O) groups excluding carboxylic acids is 2. The number of aryl methyl sites for hydroxylation is 1. The molecule has 2 atom stereocenters. The van der Waals surface area contributed by atoms with Crippen LogP contribution in [0.5, 0.6) is 0 Å². The summed E-state index contributed by atoms with van der Waals surface area (Å²) in [5.74, 6) is -0.427. The summed E-state index contributed by atoms with van der Waals surface area (Å²) in [4.78, 5) is 47.7. The highest BCUT2D eigenvalue weighted by molar-refractivity contribution is 6.08. The van der Waals surface area contributed by atoms with E-state index in [1.807, 2.05) is 30.3 Å². The first-order chi connectivity index (χ1) is 14.5. The monoisotopic (exact) mass is 400 g/mol. The summed E-state index contributed by atoms with van der Waals surface area (Å²) in [6, 6.07) is 13.5. The molecule has 0 radical (unpaired) electrons. The molecule has 7 heteroatoms. The van der Waals surface area contributed by atoms with Crippen molar-refractivity contribution in [1.29, 1.82) is 0 Å². The molecular formula is C23H20N4O3. The lowest BCUT2D eigenvalue weighted by molar-refractivity contribution is -0.121. The van der Waals surface area contributed by atoms with Gasteiger partial charge in [0.15, 0.2) is 5.43 Å². The van der Waals surface area contributed by atoms with Gasteiger partial charge in [0, 0.05) is 42.5 Å². The molecule has 1 spiro atoms. The van der Waals surface area contributed by atoms with Gasteiger partial charge >= 0.3 is 0 Å². The van der Waals surface area contributed by atoms with E-state index in [4.69, 9.17) is 0 Å². The highest BCUT2D eigenvalue weighted by Gasteiger charge is 2.59. The number of nitrogens with zero attached hydrogens (tertiary/aromatic N) is 2. The van der Waals surface area contributed by atoms with E-state index in [0.29, 0.717) is 18.7 Å². The predicted molar refractivity (Wildman–Crippen MR) is 111 cm³/mol. The topological polar surface area (TPSA) is 95.2 Å². The molecule has 1 aromatic carbocycles. The largest absolute Gasteiger partial charge is 0.354 e. The van der Waals surface area contributed by atoms with Crippen molar-refractivity contribution in [2.24, 2.45) is 0 Å². The van der Waals surface area contributed by atoms with Gasteiger partial charge in [-0.1, -0.05) is 24.3 Å². The van der Waals surface area contributed by atoms with Crippen molar-refractivity contribution in [2.45, 2.75) is 24.8 Å². The maximum absolute atomic E-state index is 13.5. The van der Waals surface area contributed by atoms with Crippen molar-refractivity contribution in [3.05, 3.63) is 93.7 Å². The molecule has 1 fully saturated rings. The third kappa shape index (κ3) is 2.58. The second kappa shape index (κ2) is 6.66. The van der Waals surface area contributed by atoms with Crippen LogP contribution in [0.2, 0.25) is 0 Å². The number of nitrogens with one attached hydrogen (secondary N) is 2. The fourth-order valence-electron chi connectivity index (χ4n) is 4.86. The minimum atomic E-state index is -0.903. The molecule has 5 rings (SSSR count). The van der Waals surface area contributed by atoms with E-state index in [-0.39, 0.29) is 22.9 Å². The van der Waals surface area contributed by atoms with Gasteiger partial charge < -0.3 is 15.2 Å². The molecule has 2 aromatic heterocycles. The van der Waals surface area contributed by atoms with Gasteiger partial charge in [0.25, 0.3) is 5.91 Å². The second-order valence-electron chi connectivity index (χ2n) is 7.82. The predicted octanol–water partition coefficient (Wildman–Crippen LogP) is 2.56. The molecule has 2 N–H and O–H groups in total. The maximum atomic E-state index is 13.5. The number of aromatic amines is 1. The van der Waals surface area contributed by atoms with Gasteiger partial charge in [-0.15, -0.1) is 0 Å². The quantitative estimate of drug-likeness (QED) is 0.691. The maximum Gasteiger partial charge on any atom is 0.270 e. The van der Waals surface area contributed by atoms with Gasteiger partial charge in [-0.25, -0.2) is 0 Å². The Bertz CT molecular complexity index is 1220. The van der Waals surface area contributed by atoms with Crippen molar-refractivity contribution in [3.8, 4) is 0 Å².